The van der Waals surface area contributed by atoms with Crippen molar-refractivity contribution in [2.75, 3.05) is 26.2 Å². The highest BCUT2D eigenvalue weighted by Gasteiger charge is 2.16. The van der Waals surface area contributed by atoms with Gasteiger partial charge in [0, 0.05) is 50.0 Å². The van der Waals surface area contributed by atoms with Crippen LogP contribution >= 0.6 is 12.4 Å². The van der Waals surface area contributed by atoms with Crippen molar-refractivity contribution in [3.8, 4) is 16.9 Å². The second-order valence-electron chi connectivity index (χ2n) is 6.18. The molecule has 0 saturated carbocycles. The van der Waals surface area contributed by atoms with Crippen LogP contribution in [0.3, 0.4) is 0 Å². The summed E-state index contributed by atoms with van der Waals surface area (Å²) in [5.41, 5.74) is 4.64. The topological polar surface area (TPSA) is 33.1 Å². The Kier molecular flexibility index (Phi) is 5.87. The van der Waals surface area contributed by atoms with E-state index >= 15 is 0 Å². The van der Waals surface area contributed by atoms with E-state index < -0.39 is 0 Å². The van der Waals surface area contributed by atoms with Gasteiger partial charge in [-0.25, -0.2) is 4.68 Å². The fraction of sp³-hybridized carbons (Fsp3) is 0.250. The SMILES string of the molecule is Cl.c1ccc(-c2nn(-c3ccccc3)cc2CN2CCNCC2)cc1. The van der Waals surface area contributed by atoms with Crippen LogP contribution in [0.1, 0.15) is 5.56 Å². The van der Waals surface area contributed by atoms with E-state index in [0.717, 1.165) is 44.1 Å². The number of halogens is 1. The molecule has 2 heterocycles. The van der Waals surface area contributed by atoms with Gasteiger partial charge in [0.05, 0.1) is 11.4 Å². The van der Waals surface area contributed by atoms with Gasteiger partial charge < -0.3 is 5.32 Å². The van der Waals surface area contributed by atoms with Crippen LogP contribution in [0.2, 0.25) is 0 Å². The number of hydrogen-bond donors (Lipinski definition) is 1. The van der Waals surface area contributed by atoms with Gasteiger partial charge >= 0.3 is 0 Å². The van der Waals surface area contributed by atoms with Crippen molar-refractivity contribution in [3.05, 3.63) is 72.4 Å². The molecular weight excluding hydrogens is 332 g/mol. The third-order valence-electron chi connectivity index (χ3n) is 4.46. The molecule has 1 fully saturated rings. The largest absolute Gasteiger partial charge is 0.314 e. The zero-order chi connectivity index (χ0) is 16.2. The van der Waals surface area contributed by atoms with E-state index in [-0.39, 0.29) is 12.4 Å². The van der Waals surface area contributed by atoms with Crippen LogP contribution in [-0.2, 0) is 6.54 Å². The number of benzene rings is 2. The first-order valence-electron chi connectivity index (χ1n) is 8.52. The molecule has 4 rings (SSSR count). The Morgan fingerprint density at radius 3 is 2.20 bits per heavy atom. The van der Waals surface area contributed by atoms with E-state index in [1.807, 2.05) is 16.8 Å². The van der Waals surface area contributed by atoms with E-state index in [1.165, 1.54) is 11.1 Å². The fourth-order valence-corrected chi connectivity index (χ4v) is 3.19. The van der Waals surface area contributed by atoms with Crippen molar-refractivity contribution in [1.82, 2.24) is 20.0 Å². The van der Waals surface area contributed by atoms with Gasteiger partial charge in [0.1, 0.15) is 0 Å². The van der Waals surface area contributed by atoms with Crippen molar-refractivity contribution in [1.29, 1.82) is 0 Å². The molecule has 1 saturated heterocycles. The smallest absolute Gasteiger partial charge is 0.0972 e. The second kappa shape index (κ2) is 8.30. The Labute approximate surface area is 154 Å². The van der Waals surface area contributed by atoms with Gasteiger partial charge in [-0.3, -0.25) is 4.90 Å². The Balaban J connectivity index is 0.00000182. The van der Waals surface area contributed by atoms with Crippen molar-refractivity contribution < 1.29 is 0 Å². The molecule has 0 bridgehead atoms. The summed E-state index contributed by atoms with van der Waals surface area (Å²) in [6.07, 6.45) is 2.18. The summed E-state index contributed by atoms with van der Waals surface area (Å²) in [4.78, 5) is 2.50. The summed E-state index contributed by atoms with van der Waals surface area (Å²) in [6.45, 7) is 5.25. The van der Waals surface area contributed by atoms with Gasteiger partial charge in [0.25, 0.3) is 0 Å². The van der Waals surface area contributed by atoms with Gasteiger partial charge in [-0.2, -0.15) is 5.10 Å². The Morgan fingerprint density at radius 2 is 1.52 bits per heavy atom. The molecule has 2 aromatic carbocycles. The van der Waals surface area contributed by atoms with Crippen LogP contribution in [0.25, 0.3) is 16.9 Å². The lowest BCUT2D eigenvalue weighted by Crippen LogP contribution is -2.42. The molecule has 0 spiro atoms. The van der Waals surface area contributed by atoms with Gasteiger partial charge in [0.2, 0.25) is 0 Å². The molecule has 1 aliphatic rings. The molecule has 0 amide bonds. The van der Waals surface area contributed by atoms with E-state index in [4.69, 9.17) is 5.10 Å². The quantitative estimate of drug-likeness (QED) is 0.779. The molecule has 25 heavy (non-hydrogen) atoms. The number of rotatable bonds is 4. The molecule has 4 nitrogen and oxygen atoms in total. The minimum atomic E-state index is 0. The zero-order valence-electron chi connectivity index (χ0n) is 14.1. The monoisotopic (exact) mass is 354 g/mol. The number of nitrogens with zero attached hydrogens (tertiary/aromatic N) is 3. The fourth-order valence-electron chi connectivity index (χ4n) is 3.19. The molecule has 0 radical (unpaired) electrons. The molecule has 1 aromatic heterocycles. The lowest BCUT2D eigenvalue weighted by atomic mass is 10.1. The molecule has 1 aliphatic heterocycles. The lowest BCUT2D eigenvalue weighted by Gasteiger charge is -2.26. The number of aromatic nitrogens is 2. The summed E-state index contributed by atoms with van der Waals surface area (Å²) in [5.74, 6) is 0. The Bertz CT molecular complexity index is 780. The van der Waals surface area contributed by atoms with Crippen LogP contribution in [0.5, 0.6) is 0 Å². The predicted molar refractivity (Wildman–Crippen MR) is 104 cm³/mol. The molecule has 1 N–H and O–H groups in total. The summed E-state index contributed by atoms with van der Waals surface area (Å²) in [6, 6.07) is 20.8. The molecule has 3 aromatic rings. The van der Waals surface area contributed by atoms with Crippen molar-refractivity contribution in [2.45, 2.75) is 6.54 Å². The van der Waals surface area contributed by atoms with E-state index in [0.29, 0.717) is 0 Å². The van der Waals surface area contributed by atoms with Crippen molar-refractivity contribution in [3.63, 3.8) is 0 Å². The van der Waals surface area contributed by atoms with Gasteiger partial charge in [0.15, 0.2) is 0 Å². The van der Waals surface area contributed by atoms with Crippen LogP contribution in [0.15, 0.2) is 66.9 Å². The minimum Gasteiger partial charge on any atom is -0.314 e. The number of para-hydroxylation sites is 1. The maximum atomic E-state index is 4.89. The van der Waals surface area contributed by atoms with Gasteiger partial charge in [-0.05, 0) is 12.1 Å². The third-order valence-corrected chi connectivity index (χ3v) is 4.46. The normalized spacial score (nSPS) is 14.9. The molecule has 0 atom stereocenters. The first-order chi connectivity index (χ1) is 11.9. The predicted octanol–water partition coefficient (Wildman–Crippen LogP) is 3.37. The average Bonchev–Trinajstić information content (AvgIpc) is 3.08. The van der Waals surface area contributed by atoms with Gasteiger partial charge in [-0.15, -0.1) is 12.4 Å². The van der Waals surface area contributed by atoms with E-state index in [1.54, 1.807) is 0 Å². The Hall–Kier alpha value is -2.14. The first-order valence-corrected chi connectivity index (χ1v) is 8.52. The Morgan fingerprint density at radius 1 is 0.880 bits per heavy atom. The zero-order valence-corrected chi connectivity index (χ0v) is 15.0. The second-order valence-corrected chi connectivity index (χ2v) is 6.18. The van der Waals surface area contributed by atoms with Crippen molar-refractivity contribution in [2.24, 2.45) is 0 Å². The van der Waals surface area contributed by atoms with Crippen LogP contribution in [0, 0.1) is 0 Å². The van der Waals surface area contributed by atoms with Crippen molar-refractivity contribution >= 4 is 12.4 Å². The molecular formula is C20H23ClN4. The van der Waals surface area contributed by atoms with Crippen LogP contribution < -0.4 is 5.32 Å². The summed E-state index contributed by atoms with van der Waals surface area (Å²) < 4.78 is 2.00. The van der Waals surface area contributed by atoms with E-state index in [9.17, 15) is 0 Å². The van der Waals surface area contributed by atoms with Crippen LogP contribution in [-0.4, -0.2) is 40.9 Å². The lowest BCUT2D eigenvalue weighted by molar-refractivity contribution is 0.233. The maximum Gasteiger partial charge on any atom is 0.0972 e. The summed E-state index contributed by atoms with van der Waals surface area (Å²) in [7, 11) is 0. The standard InChI is InChI=1S/C20H22N4.ClH/c1-3-7-17(8-4-1)20-18(15-23-13-11-21-12-14-23)16-24(22-20)19-9-5-2-6-10-19;/h1-10,16,21H,11-15H2;1H. The summed E-state index contributed by atoms with van der Waals surface area (Å²) in [5, 5.41) is 8.31. The molecule has 5 heteroatoms. The number of hydrogen-bond acceptors (Lipinski definition) is 3. The third kappa shape index (κ3) is 4.10. The average molecular weight is 355 g/mol. The summed E-state index contributed by atoms with van der Waals surface area (Å²) >= 11 is 0. The molecule has 0 unspecified atom stereocenters. The highest BCUT2D eigenvalue weighted by atomic mass is 35.5. The maximum absolute atomic E-state index is 4.89. The molecule has 0 aliphatic carbocycles. The van der Waals surface area contributed by atoms with Gasteiger partial charge in [-0.1, -0.05) is 48.5 Å². The highest BCUT2D eigenvalue weighted by Crippen LogP contribution is 2.25. The highest BCUT2D eigenvalue weighted by molar-refractivity contribution is 5.85. The van der Waals surface area contributed by atoms with Crippen LogP contribution in [0.4, 0.5) is 0 Å². The minimum absolute atomic E-state index is 0. The number of nitrogens with one attached hydrogen (secondary N) is 1. The first kappa shape index (κ1) is 17.7. The van der Waals surface area contributed by atoms with E-state index in [2.05, 4.69) is 64.9 Å². The molecule has 130 valence electrons. The number of piperazine rings is 1.